The van der Waals surface area contributed by atoms with Gasteiger partial charge in [-0.25, -0.2) is 13.9 Å². The Morgan fingerprint density at radius 2 is 1.83 bits per heavy atom. The number of aryl methyl sites for hydroxylation is 1. The van der Waals surface area contributed by atoms with Gasteiger partial charge in [-0.3, -0.25) is 0 Å². The van der Waals surface area contributed by atoms with Crippen molar-refractivity contribution in [3.63, 3.8) is 0 Å². The Morgan fingerprint density at radius 1 is 1.12 bits per heavy atom. The van der Waals surface area contributed by atoms with Gasteiger partial charge in [-0.05, 0) is 42.8 Å². The van der Waals surface area contributed by atoms with Gasteiger partial charge in [0, 0.05) is 6.07 Å². The van der Waals surface area contributed by atoms with Crippen LogP contribution in [0.1, 0.15) is 29.4 Å². The van der Waals surface area contributed by atoms with Crippen molar-refractivity contribution in [2.24, 2.45) is 0 Å². The van der Waals surface area contributed by atoms with Crippen LogP contribution in [-0.4, -0.2) is 15.7 Å². The van der Waals surface area contributed by atoms with Crippen LogP contribution >= 0.6 is 0 Å². The van der Waals surface area contributed by atoms with Crippen molar-refractivity contribution in [1.29, 1.82) is 0 Å². The fourth-order valence-corrected chi connectivity index (χ4v) is 2.36. The highest BCUT2D eigenvalue weighted by Gasteiger charge is 2.15. The van der Waals surface area contributed by atoms with Crippen LogP contribution in [0, 0.1) is 5.82 Å². The second-order valence-electron chi connectivity index (χ2n) is 5.37. The molecular formula is C19H17FN2O2. The molecule has 0 aliphatic heterocycles. The fraction of sp³-hybridized carbons (Fsp3) is 0.158. The van der Waals surface area contributed by atoms with Crippen LogP contribution in [0.2, 0.25) is 0 Å². The number of rotatable bonds is 5. The molecule has 0 bridgehead atoms. The molecule has 0 atom stereocenters. The Labute approximate surface area is 139 Å². The van der Waals surface area contributed by atoms with Gasteiger partial charge in [-0.1, -0.05) is 31.5 Å². The average molecular weight is 324 g/mol. The standard InChI is InChI=1S/C19H17FN2O2/c1-2-6-16-13-18(24-19(23)14-7-4-3-5-8-14)22(21-16)17-11-9-15(20)10-12-17/h3-5,7-13H,2,6H2,1H3. The lowest BCUT2D eigenvalue weighted by molar-refractivity contribution is 0.0723. The highest BCUT2D eigenvalue weighted by molar-refractivity contribution is 5.90. The number of ether oxygens (including phenoxy) is 1. The molecule has 1 aromatic heterocycles. The molecular weight excluding hydrogens is 307 g/mol. The van der Waals surface area contributed by atoms with Gasteiger partial charge in [-0.15, -0.1) is 0 Å². The van der Waals surface area contributed by atoms with Crippen LogP contribution in [-0.2, 0) is 6.42 Å². The Morgan fingerprint density at radius 3 is 2.50 bits per heavy atom. The van der Waals surface area contributed by atoms with Crippen LogP contribution in [0.4, 0.5) is 4.39 Å². The van der Waals surface area contributed by atoms with Gasteiger partial charge in [0.1, 0.15) is 5.82 Å². The van der Waals surface area contributed by atoms with E-state index in [9.17, 15) is 9.18 Å². The summed E-state index contributed by atoms with van der Waals surface area (Å²) in [5.41, 5.74) is 1.91. The molecule has 24 heavy (non-hydrogen) atoms. The third-order valence-corrected chi connectivity index (χ3v) is 3.51. The number of benzene rings is 2. The minimum atomic E-state index is -0.457. The van der Waals surface area contributed by atoms with Crippen LogP contribution < -0.4 is 4.74 Å². The number of aromatic nitrogens is 2. The summed E-state index contributed by atoms with van der Waals surface area (Å²) in [5.74, 6) is -0.469. The minimum absolute atomic E-state index is 0.318. The van der Waals surface area contributed by atoms with Gasteiger partial charge in [-0.2, -0.15) is 5.10 Å². The Balaban J connectivity index is 1.93. The zero-order chi connectivity index (χ0) is 16.9. The third kappa shape index (κ3) is 3.51. The van der Waals surface area contributed by atoms with Crippen molar-refractivity contribution in [3.05, 3.63) is 77.7 Å². The average Bonchev–Trinajstić information content (AvgIpc) is 2.99. The molecule has 4 nitrogen and oxygen atoms in total. The Kier molecular flexibility index (Phi) is 4.70. The summed E-state index contributed by atoms with van der Waals surface area (Å²) >= 11 is 0. The first kappa shape index (κ1) is 15.9. The quantitative estimate of drug-likeness (QED) is 0.661. The SMILES string of the molecule is CCCc1cc(OC(=O)c2ccccc2)n(-c2ccc(F)cc2)n1. The normalized spacial score (nSPS) is 10.6. The van der Waals surface area contributed by atoms with Gasteiger partial charge in [0.15, 0.2) is 0 Å². The van der Waals surface area contributed by atoms with Crippen molar-refractivity contribution < 1.29 is 13.9 Å². The maximum Gasteiger partial charge on any atom is 0.344 e. The molecule has 0 radical (unpaired) electrons. The van der Waals surface area contributed by atoms with Crippen LogP contribution in [0.15, 0.2) is 60.7 Å². The summed E-state index contributed by atoms with van der Waals surface area (Å²) in [6.07, 6.45) is 1.69. The maximum atomic E-state index is 13.1. The van der Waals surface area contributed by atoms with Gasteiger partial charge in [0.25, 0.3) is 0 Å². The van der Waals surface area contributed by atoms with E-state index in [1.165, 1.54) is 16.8 Å². The van der Waals surface area contributed by atoms with Gasteiger partial charge >= 0.3 is 5.97 Å². The predicted molar refractivity (Wildman–Crippen MR) is 88.9 cm³/mol. The highest BCUT2D eigenvalue weighted by Crippen LogP contribution is 2.22. The van der Waals surface area contributed by atoms with E-state index < -0.39 is 5.97 Å². The maximum absolute atomic E-state index is 13.1. The van der Waals surface area contributed by atoms with Gasteiger partial charge < -0.3 is 4.74 Å². The zero-order valence-corrected chi connectivity index (χ0v) is 13.3. The van der Waals surface area contributed by atoms with E-state index in [4.69, 9.17) is 4.74 Å². The first-order valence-corrected chi connectivity index (χ1v) is 7.79. The van der Waals surface area contributed by atoms with E-state index in [1.807, 2.05) is 13.0 Å². The van der Waals surface area contributed by atoms with Crippen molar-refractivity contribution in [2.45, 2.75) is 19.8 Å². The number of hydrogen-bond acceptors (Lipinski definition) is 3. The zero-order valence-electron chi connectivity index (χ0n) is 13.3. The topological polar surface area (TPSA) is 44.1 Å². The van der Waals surface area contributed by atoms with E-state index in [2.05, 4.69) is 5.10 Å². The molecule has 0 unspecified atom stereocenters. The monoisotopic (exact) mass is 324 g/mol. The molecule has 2 aromatic carbocycles. The molecule has 0 aliphatic carbocycles. The number of carbonyl (C=O) groups excluding carboxylic acids is 1. The molecule has 0 saturated heterocycles. The van der Waals surface area contributed by atoms with Crippen LogP contribution in [0.5, 0.6) is 5.88 Å². The first-order valence-electron chi connectivity index (χ1n) is 7.79. The number of nitrogens with zero attached hydrogens (tertiary/aromatic N) is 2. The lowest BCUT2D eigenvalue weighted by Crippen LogP contribution is -2.11. The molecule has 0 aliphatic rings. The highest BCUT2D eigenvalue weighted by atomic mass is 19.1. The van der Waals surface area contributed by atoms with Crippen LogP contribution in [0.3, 0.4) is 0 Å². The smallest absolute Gasteiger partial charge is 0.344 e. The summed E-state index contributed by atoms with van der Waals surface area (Å²) in [5, 5.41) is 4.46. The van der Waals surface area contributed by atoms with Crippen molar-refractivity contribution >= 4 is 5.97 Å². The molecule has 0 spiro atoms. The second-order valence-corrected chi connectivity index (χ2v) is 5.37. The molecule has 5 heteroatoms. The number of hydrogen-bond donors (Lipinski definition) is 0. The summed E-state index contributed by atoms with van der Waals surface area (Å²) in [4.78, 5) is 12.3. The van der Waals surface area contributed by atoms with E-state index in [0.29, 0.717) is 17.1 Å². The van der Waals surface area contributed by atoms with E-state index >= 15 is 0 Å². The Hall–Kier alpha value is -2.95. The second kappa shape index (κ2) is 7.08. The van der Waals surface area contributed by atoms with E-state index in [1.54, 1.807) is 42.5 Å². The van der Waals surface area contributed by atoms with Crippen molar-refractivity contribution in [3.8, 4) is 11.6 Å². The lowest BCUT2D eigenvalue weighted by atomic mass is 10.2. The van der Waals surface area contributed by atoms with Crippen LogP contribution in [0.25, 0.3) is 5.69 Å². The molecule has 0 fully saturated rings. The Bertz CT molecular complexity index is 826. The van der Waals surface area contributed by atoms with Crippen molar-refractivity contribution in [1.82, 2.24) is 9.78 Å². The predicted octanol–water partition coefficient (Wildman–Crippen LogP) is 4.18. The molecule has 3 rings (SSSR count). The summed E-state index contributed by atoms with van der Waals surface area (Å²) in [7, 11) is 0. The molecule has 1 heterocycles. The molecule has 3 aromatic rings. The summed E-state index contributed by atoms with van der Waals surface area (Å²) in [6.45, 7) is 2.05. The number of esters is 1. The minimum Gasteiger partial charge on any atom is -0.404 e. The molecule has 0 N–H and O–H groups in total. The van der Waals surface area contributed by atoms with Gasteiger partial charge in [0.05, 0.1) is 16.9 Å². The number of halogens is 1. The lowest BCUT2D eigenvalue weighted by Gasteiger charge is -2.07. The van der Waals surface area contributed by atoms with Crippen molar-refractivity contribution in [2.75, 3.05) is 0 Å². The largest absolute Gasteiger partial charge is 0.404 e. The van der Waals surface area contributed by atoms with Gasteiger partial charge in [0.2, 0.25) is 5.88 Å². The first-order chi connectivity index (χ1) is 11.7. The molecule has 0 saturated carbocycles. The van der Waals surface area contributed by atoms with E-state index in [0.717, 1.165) is 18.5 Å². The number of carbonyl (C=O) groups is 1. The third-order valence-electron chi connectivity index (χ3n) is 3.51. The summed E-state index contributed by atoms with van der Waals surface area (Å²) in [6, 6.07) is 16.4. The summed E-state index contributed by atoms with van der Waals surface area (Å²) < 4.78 is 20.2. The molecule has 0 amide bonds. The molecule has 122 valence electrons. The van der Waals surface area contributed by atoms with E-state index in [-0.39, 0.29) is 5.82 Å². The fourth-order valence-electron chi connectivity index (χ4n) is 2.36.